The first-order valence-corrected chi connectivity index (χ1v) is 7.69. The Morgan fingerprint density at radius 1 is 1.37 bits per heavy atom. The molecule has 2 saturated carbocycles. The summed E-state index contributed by atoms with van der Waals surface area (Å²) < 4.78 is 5.93. The van der Waals surface area contributed by atoms with Gasteiger partial charge in [0.2, 0.25) is 5.91 Å². The van der Waals surface area contributed by atoms with Crippen LogP contribution in [0, 0.1) is 5.92 Å². The zero-order valence-corrected chi connectivity index (χ0v) is 12.3. The van der Waals surface area contributed by atoms with E-state index >= 15 is 0 Å². The maximum Gasteiger partial charge on any atom is 0.237 e. The van der Waals surface area contributed by atoms with Crippen LogP contribution in [-0.2, 0) is 9.53 Å². The SMILES string of the molecule is CC(CC(C)(NC1CC1)C(N)=O)OCC1CCCC1. The molecule has 0 aliphatic heterocycles. The third-order valence-corrected chi connectivity index (χ3v) is 4.43. The molecule has 0 spiro atoms. The van der Waals surface area contributed by atoms with Crippen molar-refractivity contribution in [3.63, 3.8) is 0 Å². The first kappa shape index (κ1) is 14.8. The molecule has 110 valence electrons. The summed E-state index contributed by atoms with van der Waals surface area (Å²) in [5.74, 6) is 0.453. The van der Waals surface area contributed by atoms with Crippen LogP contribution in [0.15, 0.2) is 0 Å². The normalized spacial score (nSPS) is 25.2. The van der Waals surface area contributed by atoms with E-state index in [9.17, 15) is 4.79 Å². The van der Waals surface area contributed by atoms with Gasteiger partial charge in [-0.1, -0.05) is 12.8 Å². The topological polar surface area (TPSA) is 64.3 Å². The number of nitrogens with two attached hydrogens (primary N) is 1. The van der Waals surface area contributed by atoms with Crippen LogP contribution in [0.5, 0.6) is 0 Å². The maximum atomic E-state index is 11.7. The highest BCUT2D eigenvalue weighted by atomic mass is 16.5. The molecular formula is C15H28N2O2. The van der Waals surface area contributed by atoms with Gasteiger partial charge in [0.15, 0.2) is 0 Å². The zero-order chi connectivity index (χ0) is 13.9. The van der Waals surface area contributed by atoms with E-state index in [1.807, 2.05) is 13.8 Å². The summed E-state index contributed by atoms with van der Waals surface area (Å²) in [5, 5.41) is 3.37. The lowest BCUT2D eigenvalue weighted by Crippen LogP contribution is -2.55. The number of hydrogen-bond acceptors (Lipinski definition) is 3. The number of primary amides is 1. The molecule has 1 amide bonds. The van der Waals surface area contributed by atoms with E-state index in [0.29, 0.717) is 12.5 Å². The van der Waals surface area contributed by atoms with Gasteiger partial charge in [0, 0.05) is 19.1 Å². The number of nitrogens with one attached hydrogen (secondary N) is 1. The van der Waals surface area contributed by atoms with Gasteiger partial charge in [0.05, 0.1) is 11.6 Å². The van der Waals surface area contributed by atoms with Crippen LogP contribution in [-0.4, -0.2) is 30.2 Å². The van der Waals surface area contributed by atoms with Crippen molar-refractivity contribution in [1.29, 1.82) is 0 Å². The largest absolute Gasteiger partial charge is 0.378 e. The highest BCUT2D eigenvalue weighted by molar-refractivity contribution is 5.84. The molecule has 2 fully saturated rings. The summed E-state index contributed by atoms with van der Waals surface area (Å²) in [4.78, 5) is 11.7. The van der Waals surface area contributed by atoms with E-state index in [-0.39, 0.29) is 12.0 Å². The van der Waals surface area contributed by atoms with Crippen molar-refractivity contribution >= 4 is 5.91 Å². The molecule has 4 nitrogen and oxygen atoms in total. The number of hydrogen-bond donors (Lipinski definition) is 2. The molecule has 0 aromatic rings. The molecule has 19 heavy (non-hydrogen) atoms. The molecule has 2 rings (SSSR count). The third kappa shape index (κ3) is 4.46. The Bertz CT molecular complexity index is 311. The van der Waals surface area contributed by atoms with Crippen molar-refractivity contribution < 1.29 is 9.53 Å². The van der Waals surface area contributed by atoms with Gasteiger partial charge in [-0.25, -0.2) is 0 Å². The molecule has 0 bridgehead atoms. The Morgan fingerprint density at radius 2 is 2.00 bits per heavy atom. The monoisotopic (exact) mass is 268 g/mol. The van der Waals surface area contributed by atoms with Crippen molar-refractivity contribution in [2.75, 3.05) is 6.61 Å². The summed E-state index contributed by atoms with van der Waals surface area (Å²) in [6.07, 6.45) is 8.30. The van der Waals surface area contributed by atoms with E-state index in [2.05, 4.69) is 5.32 Å². The molecule has 0 heterocycles. The quantitative estimate of drug-likeness (QED) is 0.707. The average Bonchev–Trinajstić information content (AvgIpc) is 2.99. The minimum absolute atomic E-state index is 0.0735. The van der Waals surface area contributed by atoms with Gasteiger partial charge >= 0.3 is 0 Å². The molecule has 0 radical (unpaired) electrons. The van der Waals surface area contributed by atoms with Crippen LogP contribution >= 0.6 is 0 Å². The first-order valence-electron chi connectivity index (χ1n) is 7.69. The van der Waals surface area contributed by atoms with Crippen LogP contribution in [0.3, 0.4) is 0 Å². The van der Waals surface area contributed by atoms with Gasteiger partial charge < -0.3 is 15.8 Å². The van der Waals surface area contributed by atoms with Crippen LogP contribution in [0.1, 0.15) is 58.8 Å². The molecular weight excluding hydrogens is 240 g/mol. The molecule has 2 atom stereocenters. The number of rotatable bonds is 8. The summed E-state index contributed by atoms with van der Waals surface area (Å²) in [6, 6.07) is 0.472. The summed E-state index contributed by atoms with van der Waals surface area (Å²) in [7, 11) is 0. The number of ether oxygens (including phenoxy) is 1. The lowest BCUT2D eigenvalue weighted by Gasteiger charge is -2.31. The second-order valence-electron chi connectivity index (χ2n) is 6.61. The third-order valence-electron chi connectivity index (χ3n) is 4.43. The summed E-state index contributed by atoms with van der Waals surface area (Å²) >= 11 is 0. The van der Waals surface area contributed by atoms with E-state index in [4.69, 9.17) is 10.5 Å². The standard InChI is InChI=1S/C15H28N2O2/c1-11(19-10-12-5-3-4-6-12)9-15(2,14(16)18)17-13-7-8-13/h11-13,17H,3-10H2,1-2H3,(H2,16,18). The van der Waals surface area contributed by atoms with E-state index in [1.54, 1.807) is 0 Å². The van der Waals surface area contributed by atoms with Crippen molar-refractivity contribution in [3.05, 3.63) is 0 Å². The fourth-order valence-corrected chi connectivity index (χ4v) is 3.02. The van der Waals surface area contributed by atoms with Crippen molar-refractivity contribution in [2.45, 2.75) is 76.5 Å². The van der Waals surface area contributed by atoms with Gasteiger partial charge in [0.25, 0.3) is 0 Å². The maximum absolute atomic E-state index is 11.7. The van der Waals surface area contributed by atoms with Gasteiger partial charge in [0.1, 0.15) is 0 Å². The van der Waals surface area contributed by atoms with Crippen LogP contribution in [0.25, 0.3) is 0 Å². The smallest absolute Gasteiger partial charge is 0.237 e. The minimum atomic E-state index is -0.629. The second-order valence-corrected chi connectivity index (χ2v) is 6.61. The Labute approximate surface area is 116 Å². The Kier molecular flexibility index (Phi) is 4.85. The zero-order valence-electron chi connectivity index (χ0n) is 12.3. The van der Waals surface area contributed by atoms with Gasteiger partial charge in [-0.3, -0.25) is 4.79 Å². The molecule has 0 aromatic carbocycles. The lowest BCUT2D eigenvalue weighted by atomic mass is 9.93. The predicted molar refractivity (Wildman–Crippen MR) is 75.7 cm³/mol. The molecule has 4 heteroatoms. The number of carbonyl (C=O) groups is 1. The molecule has 2 unspecified atom stereocenters. The first-order chi connectivity index (χ1) is 8.99. The minimum Gasteiger partial charge on any atom is -0.378 e. The van der Waals surface area contributed by atoms with E-state index < -0.39 is 5.54 Å². The lowest BCUT2D eigenvalue weighted by molar-refractivity contribution is -0.125. The van der Waals surface area contributed by atoms with Crippen molar-refractivity contribution in [3.8, 4) is 0 Å². The second kappa shape index (κ2) is 6.23. The summed E-state index contributed by atoms with van der Waals surface area (Å²) in [5.41, 5.74) is 4.93. The molecule has 0 aromatic heterocycles. The van der Waals surface area contributed by atoms with E-state index in [1.165, 1.54) is 25.7 Å². The molecule has 2 aliphatic carbocycles. The predicted octanol–water partition coefficient (Wildman–Crippen LogP) is 1.97. The fourth-order valence-electron chi connectivity index (χ4n) is 3.02. The number of amides is 1. The van der Waals surface area contributed by atoms with E-state index in [0.717, 1.165) is 25.4 Å². The van der Waals surface area contributed by atoms with Gasteiger partial charge in [-0.2, -0.15) is 0 Å². The highest BCUT2D eigenvalue weighted by Crippen LogP contribution is 2.27. The Morgan fingerprint density at radius 3 is 2.53 bits per heavy atom. The van der Waals surface area contributed by atoms with Gasteiger partial charge in [-0.15, -0.1) is 0 Å². The summed E-state index contributed by atoms with van der Waals surface area (Å²) in [6.45, 7) is 4.78. The van der Waals surface area contributed by atoms with Crippen LogP contribution in [0.4, 0.5) is 0 Å². The van der Waals surface area contributed by atoms with Crippen LogP contribution in [0.2, 0.25) is 0 Å². The molecule has 2 aliphatic rings. The Hall–Kier alpha value is -0.610. The van der Waals surface area contributed by atoms with Crippen molar-refractivity contribution in [1.82, 2.24) is 5.32 Å². The molecule has 3 N–H and O–H groups in total. The Balaban J connectivity index is 1.76. The number of carbonyl (C=O) groups excluding carboxylic acids is 1. The van der Waals surface area contributed by atoms with Crippen molar-refractivity contribution in [2.24, 2.45) is 11.7 Å². The highest BCUT2D eigenvalue weighted by Gasteiger charge is 2.38. The fraction of sp³-hybridized carbons (Fsp3) is 0.933. The molecule has 0 saturated heterocycles. The van der Waals surface area contributed by atoms with Crippen LogP contribution < -0.4 is 11.1 Å². The average molecular weight is 268 g/mol. The van der Waals surface area contributed by atoms with Gasteiger partial charge in [-0.05, 0) is 45.4 Å².